The number of carbonyl (C=O) groups excluding carboxylic acids is 1. The smallest absolute Gasteiger partial charge is 0.230 e. The monoisotopic (exact) mass is 316 g/mol. The van der Waals surface area contributed by atoms with Gasteiger partial charge in [0.25, 0.3) is 0 Å². The molecule has 0 aliphatic heterocycles. The third-order valence-electron chi connectivity index (χ3n) is 6.00. The summed E-state index contributed by atoms with van der Waals surface area (Å²) in [5.74, 6) is 2.57. The molecule has 2 N–H and O–H groups in total. The molecule has 1 heterocycles. The number of thioether (sulfide) groups is 1. The summed E-state index contributed by atoms with van der Waals surface area (Å²) < 4.78 is 0. The summed E-state index contributed by atoms with van der Waals surface area (Å²) in [5, 5.41) is 0.780. The Morgan fingerprint density at radius 2 is 1.86 bits per heavy atom. The Morgan fingerprint density at radius 1 is 1.23 bits per heavy atom. The van der Waals surface area contributed by atoms with Crippen LogP contribution in [0.4, 0.5) is 0 Å². The Labute approximate surface area is 136 Å². The van der Waals surface area contributed by atoms with Crippen molar-refractivity contribution in [2.75, 3.05) is 0 Å². The molecule has 4 aliphatic rings. The maximum Gasteiger partial charge on any atom is 0.230 e. The maximum absolute atomic E-state index is 12.0. The number of carbonyl (C=O) groups is 1. The maximum atomic E-state index is 12.0. The molecule has 1 atom stereocenters. The highest BCUT2D eigenvalue weighted by Crippen LogP contribution is 2.62. The van der Waals surface area contributed by atoms with Gasteiger partial charge in [0, 0.05) is 6.20 Å². The average Bonchev–Trinajstić information content (AvgIpc) is 2.46. The molecule has 22 heavy (non-hydrogen) atoms. The van der Waals surface area contributed by atoms with Crippen molar-refractivity contribution in [2.45, 2.75) is 55.2 Å². The van der Waals surface area contributed by atoms with Crippen LogP contribution >= 0.6 is 11.8 Å². The van der Waals surface area contributed by atoms with Crippen molar-refractivity contribution < 1.29 is 4.79 Å². The second-order valence-electron chi connectivity index (χ2n) is 7.80. The van der Waals surface area contributed by atoms with Gasteiger partial charge in [0.15, 0.2) is 0 Å². The molecule has 3 nitrogen and oxygen atoms in total. The predicted octanol–water partition coefficient (Wildman–Crippen LogP) is 3.63. The van der Waals surface area contributed by atoms with E-state index >= 15 is 0 Å². The first-order chi connectivity index (χ1) is 10.6. The Morgan fingerprint density at radius 3 is 2.36 bits per heavy atom. The van der Waals surface area contributed by atoms with Crippen LogP contribution in [0.25, 0.3) is 0 Å². The third-order valence-corrected chi connectivity index (χ3v) is 7.17. The van der Waals surface area contributed by atoms with Gasteiger partial charge in [0.2, 0.25) is 5.91 Å². The van der Waals surface area contributed by atoms with Gasteiger partial charge in [-0.15, -0.1) is 0 Å². The molecule has 4 saturated carbocycles. The van der Waals surface area contributed by atoms with Crippen molar-refractivity contribution in [3.8, 4) is 0 Å². The number of pyridine rings is 1. The molecule has 4 aliphatic carbocycles. The molecule has 1 amide bonds. The first-order valence-electron chi connectivity index (χ1n) is 8.49. The summed E-state index contributed by atoms with van der Waals surface area (Å²) in [6.07, 6.45) is 11.0. The van der Waals surface area contributed by atoms with E-state index in [1.54, 1.807) is 18.0 Å². The Balaban J connectivity index is 1.51. The summed E-state index contributed by atoms with van der Waals surface area (Å²) in [5.41, 5.74) is 6.11. The summed E-state index contributed by atoms with van der Waals surface area (Å²) in [4.78, 5) is 16.4. The van der Waals surface area contributed by atoms with Gasteiger partial charge in [0.1, 0.15) is 0 Å². The van der Waals surface area contributed by atoms with Gasteiger partial charge in [-0.05, 0) is 80.2 Å². The van der Waals surface area contributed by atoms with Crippen LogP contribution in [-0.2, 0) is 4.79 Å². The molecule has 4 fully saturated rings. The quantitative estimate of drug-likeness (QED) is 0.844. The van der Waals surface area contributed by atoms with Gasteiger partial charge in [-0.1, -0.05) is 17.8 Å². The van der Waals surface area contributed by atoms with Crippen LogP contribution in [0.2, 0.25) is 0 Å². The Bertz CT molecular complexity index is 524. The van der Waals surface area contributed by atoms with Crippen LogP contribution in [0.5, 0.6) is 0 Å². The average molecular weight is 316 g/mol. The molecular formula is C18H24N2OS. The Kier molecular flexibility index (Phi) is 3.67. The predicted molar refractivity (Wildman–Crippen MR) is 88.3 cm³/mol. The van der Waals surface area contributed by atoms with Crippen molar-refractivity contribution in [3.63, 3.8) is 0 Å². The number of aromatic nitrogens is 1. The zero-order valence-electron chi connectivity index (χ0n) is 12.9. The number of nitrogens with two attached hydrogens (primary N) is 1. The molecule has 0 radical (unpaired) electrons. The summed E-state index contributed by atoms with van der Waals surface area (Å²) in [6, 6.07) is 5.85. The van der Waals surface area contributed by atoms with Crippen LogP contribution in [0.1, 0.15) is 44.9 Å². The standard InChI is InChI=1S/C18H24N2OS/c19-17(21)15(22-16-3-1-2-4-20-16)11-18-8-12-5-13(9-18)7-14(6-12)10-18/h1-4,12-15H,5-11H2,(H2,19,21). The molecule has 0 aromatic carbocycles. The fourth-order valence-electron chi connectivity index (χ4n) is 5.70. The van der Waals surface area contributed by atoms with E-state index in [4.69, 9.17) is 5.73 Å². The minimum atomic E-state index is -0.175. The van der Waals surface area contributed by atoms with E-state index in [0.29, 0.717) is 5.41 Å². The highest BCUT2D eigenvalue weighted by molar-refractivity contribution is 8.00. The molecule has 4 bridgehead atoms. The van der Waals surface area contributed by atoms with Gasteiger partial charge < -0.3 is 5.73 Å². The molecule has 4 heteroatoms. The normalized spacial score (nSPS) is 37.2. The molecule has 1 aromatic rings. The highest BCUT2D eigenvalue weighted by Gasteiger charge is 2.51. The molecule has 0 spiro atoms. The van der Waals surface area contributed by atoms with Crippen molar-refractivity contribution in [2.24, 2.45) is 28.9 Å². The lowest BCUT2D eigenvalue weighted by Gasteiger charge is -2.57. The lowest BCUT2D eigenvalue weighted by Crippen LogP contribution is -2.48. The lowest BCUT2D eigenvalue weighted by molar-refractivity contribution is -0.119. The molecule has 118 valence electrons. The minimum absolute atomic E-state index is 0.133. The number of primary amides is 1. The van der Waals surface area contributed by atoms with E-state index in [-0.39, 0.29) is 11.2 Å². The van der Waals surface area contributed by atoms with Crippen molar-refractivity contribution >= 4 is 17.7 Å². The number of hydrogen-bond acceptors (Lipinski definition) is 3. The summed E-state index contributed by atoms with van der Waals surface area (Å²) >= 11 is 1.56. The second-order valence-corrected chi connectivity index (χ2v) is 9.02. The SMILES string of the molecule is NC(=O)C(CC12CC3CC(CC(C3)C1)C2)Sc1ccccn1. The first-order valence-corrected chi connectivity index (χ1v) is 9.37. The number of amides is 1. The lowest BCUT2D eigenvalue weighted by atomic mass is 9.48. The van der Waals surface area contributed by atoms with Gasteiger partial charge in [-0.2, -0.15) is 0 Å². The molecule has 0 saturated heterocycles. The zero-order valence-corrected chi connectivity index (χ0v) is 13.7. The van der Waals surface area contributed by atoms with Crippen molar-refractivity contribution in [3.05, 3.63) is 24.4 Å². The first kappa shape index (κ1) is 14.6. The van der Waals surface area contributed by atoms with E-state index in [0.717, 1.165) is 29.2 Å². The van der Waals surface area contributed by atoms with Crippen LogP contribution in [0.15, 0.2) is 29.4 Å². The van der Waals surface area contributed by atoms with Gasteiger partial charge in [-0.3, -0.25) is 4.79 Å². The van der Waals surface area contributed by atoms with Crippen LogP contribution in [0, 0.1) is 23.2 Å². The minimum Gasteiger partial charge on any atom is -0.369 e. The topological polar surface area (TPSA) is 56.0 Å². The fourth-order valence-corrected chi connectivity index (χ4v) is 6.82. The molecular weight excluding hydrogens is 292 g/mol. The summed E-state index contributed by atoms with van der Waals surface area (Å²) in [6.45, 7) is 0. The Hall–Kier alpha value is -1.03. The molecule has 1 aromatic heterocycles. The summed E-state index contributed by atoms with van der Waals surface area (Å²) in [7, 11) is 0. The van der Waals surface area contributed by atoms with E-state index in [2.05, 4.69) is 4.98 Å². The number of nitrogens with zero attached hydrogens (tertiary/aromatic N) is 1. The van der Waals surface area contributed by atoms with Gasteiger partial charge >= 0.3 is 0 Å². The fraction of sp³-hybridized carbons (Fsp3) is 0.667. The van der Waals surface area contributed by atoms with E-state index in [1.165, 1.54) is 38.5 Å². The zero-order chi connectivity index (χ0) is 15.2. The van der Waals surface area contributed by atoms with Crippen LogP contribution in [0.3, 0.4) is 0 Å². The van der Waals surface area contributed by atoms with E-state index in [9.17, 15) is 4.79 Å². The van der Waals surface area contributed by atoms with Crippen LogP contribution in [-0.4, -0.2) is 16.1 Å². The number of rotatable bonds is 5. The molecule has 5 rings (SSSR count). The van der Waals surface area contributed by atoms with E-state index < -0.39 is 0 Å². The second kappa shape index (κ2) is 5.55. The number of hydrogen-bond donors (Lipinski definition) is 1. The third kappa shape index (κ3) is 2.78. The van der Waals surface area contributed by atoms with Gasteiger partial charge in [0.05, 0.1) is 10.3 Å². The van der Waals surface area contributed by atoms with Gasteiger partial charge in [-0.25, -0.2) is 4.98 Å². The highest BCUT2D eigenvalue weighted by atomic mass is 32.2. The van der Waals surface area contributed by atoms with Crippen LogP contribution < -0.4 is 5.73 Å². The van der Waals surface area contributed by atoms with Crippen molar-refractivity contribution in [1.82, 2.24) is 4.98 Å². The van der Waals surface area contributed by atoms with Crippen molar-refractivity contribution in [1.29, 1.82) is 0 Å². The van der Waals surface area contributed by atoms with E-state index in [1.807, 2.05) is 18.2 Å². The largest absolute Gasteiger partial charge is 0.369 e. The molecule has 1 unspecified atom stereocenters.